The van der Waals surface area contributed by atoms with Crippen molar-refractivity contribution in [1.29, 1.82) is 0 Å². The van der Waals surface area contributed by atoms with Crippen molar-refractivity contribution in [3.63, 3.8) is 0 Å². The number of hydrogen-bond acceptors (Lipinski definition) is 3. The highest BCUT2D eigenvalue weighted by Crippen LogP contribution is 2.29. The van der Waals surface area contributed by atoms with E-state index < -0.39 is 0 Å². The highest BCUT2D eigenvalue weighted by Gasteiger charge is 2.24. The van der Waals surface area contributed by atoms with Gasteiger partial charge < -0.3 is 11.1 Å². The Morgan fingerprint density at radius 1 is 1.33 bits per heavy atom. The van der Waals surface area contributed by atoms with Gasteiger partial charge in [0.1, 0.15) is 0 Å². The largest absolute Gasteiger partial charge is 0.329 e. The van der Waals surface area contributed by atoms with E-state index in [2.05, 4.69) is 17.1 Å². The average molecular weight is 228 g/mol. The van der Waals surface area contributed by atoms with Crippen molar-refractivity contribution < 1.29 is 0 Å². The van der Waals surface area contributed by atoms with Crippen LogP contribution in [0.15, 0.2) is 0 Å². The second-order valence-corrected chi connectivity index (χ2v) is 6.16. The number of thioether (sulfide) groups is 1. The minimum Gasteiger partial charge on any atom is -0.329 e. The van der Waals surface area contributed by atoms with Crippen LogP contribution in [0, 0.1) is 11.8 Å². The predicted molar refractivity (Wildman–Crippen MR) is 68.2 cm³/mol. The standard InChI is InChI=1S/C12H24N2S/c13-8-12(11-5-7-15-9-11)14-6-4-10-2-1-3-10/h10-12,14H,1-9,13H2. The molecule has 0 aromatic rings. The lowest BCUT2D eigenvalue weighted by atomic mass is 9.83. The maximum atomic E-state index is 5.84. The molecule has 15 heavy (non-hydrogen) atoms. The Morgan fingerprint density at radius 3 is 2.73 bits per heavy atom. The zero-order valence-corrected chi connectivity index (χ0v) is 10.4. The van der Waals surface area contributed by atoms with Gasteiger partial charge in [0, 0.05) is 12.6 Å². The Kier molecular flexibility index (Phi) is 4.79. The van der Waals surface area contributed by atoms with Gasteiger partial charge in [-0.15, -0.1) is 0 Å². The minimum absolute atomic E-state index is 0.583. The van der Waals surface area contributed by atoms with E-state index in [4.69, 9.17) is 5.73 Å². The molecule has 0 amide bonds. The van der Waals surface area contributed by atoms with Crippen LogP contribution in [0.5, 0.6) is 0 Å². The van der Waals surface area contributed by atoms with Crippen molar-refractivity contribution in [2.24, 2.45) is 17.6 Å². The van der Waals surface area contributed by atoms with E-state index in [-0.39, 0.29) is 0 Å². The van der Waals surface area contributed by atoms with Gasteiger partial charge in [-0.25, -0.2) is 0 Å². The van der Waals surface area contributed by atoms with E-state index in [9.17, 15) is 0 Å². The number of nitrogens with one attached hydrogen (secondary N) is 1. The Labute approximate surface area is 97.8 Å². The molecule has 2 rings (SSSR count). The highest BCUT2D eigenvalue weighted by molar-refractivity contribution is 7.99. The molecule has 0 aromatic heterocycles. The summed E-state index contributed by atoms with van der Waals surface area (Å²) in [5.74, 6) is 4.51. The molecule has 0 radical (unpaired) electrons. The minimum atomic E-state index is 0.583. The summed E-state index contributed by atoms with van der Waals surface area (Å²) in [5.41, 5.74) is 5.84. The van der Waals surface area contributed by atoms with E-state index in [0.29, 0.717) is 6.04 Å². The molecule has 2 fully saturated rings. The molecule has 1 aliphatic carbocycles. The smallest absolute Gasteiger partial charge is 0.0226 e. The monoisotopic (exact) mass is 228 g/mol. The lowest BCUT2D eigenvalue weighted by molar-refractivity contribution is 0.279. The van der Waals surface area contributed by atoms with Crippen molar-refractivity contribution in [2.75, 3.05) is 24.6 Å². The van der Waals surface area contributed by atoms with Crippen LogP contribution >= 0.6 is 11.8 Å². The van der Waals surface area contributed by atoms with Gasteiger partial charge in [0.15, 0.2) is 0 Å². The van der Waals surface area contributed by atoms with Gasteiger partial charge >= 0.3 is 0 Å². The van der Waals surface area contributed by atoms with Gasteiger partial charge in [-0.05, 0) is 42.7 Å². The molecule has 2 unspecified atom stereocenters. The van der Waals surface area contributed by atoms with Crippen LogP contribution in [0.4, 0.5) is 0 Å². The SMILES string of the molecule is NCC(NCCC1CCC1)C1CCSC1. The second kappa shape index (κ2) is 6.12. The first-order valence-corrected chi connectivity index (χ1v) is 7.57. The fourth-order valence-electron chi connectivity index (χ4n) is 2.57. The molecule has 1 saturated carbocycles. The fraction of sp³-hybridized carbons (Fsp3) is 1.00. The molecule has 1 saturated heterocycles. The van der Waals surface area contributed by atoms with Gasteiger partial charge in [0.25, 0.3) is 0 Å². The summed E-state index contributed by atoms with van der Waals surface area (Å²) in [6.07, 6.45) is 7.13. The van der Waals surface area contributed by atoms with Crippen molar-refractivity contribution >= 4 is 11.8 Å². The Morgan fingerprint density at radius 2 is 2.20 bits per heavy atom. The van der Waals surface area contributed by atoms with Crippen LogP contribution in [0.25, 0.3) is 0 Å². The molecular formula is C12H24N2S. The third-order valence-corrected chi connectivity index (χ3v) is 5.16. The van der Waals surface area contributed by atoms with Gasteiger partial charge in [-0.2, -0.15) is 11.8 Å². The van der Waals surface area contributed by atoms with Gasteiger partial charge in [0.2, 0.25) is 0 Å². The summed E-state index contributed by atoms with van der Waals surface area (Å²) in [5, 5.41) is 3.67. The van der Waals surface area contributed by atoms with Crippen molar-refractivity contribution in [1.82, 2.24) is 5.32 Å². The molecule has 0 bridgehead atoms. The normalized spacial score (nSPS) is 29.0. The summed E-state index contributed by atoms with van der Waals surface area (Å²) in [6.45, 7) is 2.00. The summed E-state index contributed by atoms with van der Waals surface area (Å²) in [6, 6.07) is 0.583. The molecule has 2 aliphatic rings. The zero-order chi connectivity index (χ0) is 10.5. The van der Waals surface area contributed by atoms with E-state index in [1.165, 1.54) is 50.2 Å². The summed E-state index contributed by atoms with van der Waals surface area (Å²) >= 11 is 2.09. The van der Waals surface area contributed by atoms with Crippen molar-refractivity contribution in [3.05, 3.63) is 0 Å². The van der Waals surface area contributed by atoms with E-state index in [0.717, 1.165) is 18.4 Å². The first-order chi connectivity index (χ1) is 7.40. The maximum absolute atomic E-state index is 5.84. The van der Waals surface area contributed by atoms with Crippen LogP contribution in [0.1, 0.15) is 32.1 Å². The number of hydrogen-bond donors (Lipinski definition) is 2. The number of rotatable bonds is 6. The second-order valence-electron chi connectivity index (χ2n) is 5.01. The third-order valence-electron chi connectivity index (χ3n) is 3.97. The molecule has 0 spiro atoms. The molecule has 3 N–H and O–H groups in total. The van der Waals surface area contributed by atoms with Crippen molar-refractivity contribution in [2.45, 2.75) is 38.1 Å². The topological polar surface area (TPSA) is 38.0 Å². The Bertz CT molecular complexity index is 176. The highest BCUT2D eigenvalue weighted by atomic mass is 32.2. The lowest BCUT2D eigenvalue weighted by Gasteiger charge is -2.28. The van der Waals surface area contributed by atoms with Crippen LogP contribution in [-0.2, 0) is 0 Å². The lowest BCUT2D eigenvalue weighted by Crippen LogP contribution is -2.43. The molecule has 2 nitrogen and oxygen atoms in total. The summed E-state index contributed by atoms with van der Waals surface area (Å²) in [4.78, 5) is 0. The maximum Gasteiger partial charge on any atom is 0.0226 e. The van der Waals surface area contributed by atoms with E-state index in [1.807, 2.05) is 0 Å². The number of nitrogens with two attached hydrogens (primary N) is 1. The average Bonchev–Trinajstić information content (AvgIpc) is 2.68. The molecule has 0 aromatic carbocycles. The molecule has 2 atom stereocenters. The Balaban J connectivity index is 1.61. The summed E-state index contributed by atoms with van der Waals surface area (Å²) in [7, 11) is 0. The molecule has 3 heteroatoms. The predicted octanol–water partition coefficient (Wildman–Crippen LogP) is 1.85. The molecule has 1 heterocycles. The van der Waals surface area contributed by atoms with Crippen molar-refractivity contribution in [3.8, 4) is 0 Å². The van der Waals surface area contributed by atoms with Crippen LogP contribution in [-0.4, -0.2) is 30.6 Å². The quantitative estimate of drug-likeness (QED) is 0.728. The summed E-state index contributed by atoms with van der Waals surface area (Å²) < 4.78 is 0. The van der Waals surface area contributed by atoms with Crippen LogP contribution in [0.2, 0.25) is 0 Å². The molecule has 88 valence electrons. The molecule has 1 aliphatic heterocycles. The van der Waals surface area contributed by atoms with E-state index in [1.54, 1.807) is 0 Å². The van der Waals surface area contributed by atoms with Gasteiger partial charge in [0.05, 0.1) is 0 Å². The molecular weight excluding hydrogens is 204 g/mol. The zero-order valence-electron chi connectivity index (χ0n) is 9.58. The van der Waals surface area contributed by atoms with Gasteiger partial charge in [-0.1, -0.05) is 19.3 Å². The third kappa shape index (κ3) is 3.36. The first kappa shape index (κ1) is 11.7. The van der Waals surface area contributed by atoms with Crippen LogP contribution in [0.3, 0.4) is 0 Å². The van der Waals surface area contributed by atoms with Crippen LogP contribution < -0.4 is 11.1 Å². The fourth-order valence-corrected chi connectivity index (χ4v) is 3.90. The van der Waals surface area contributed by atoms with Gasteiger partial charge in [-0.3, -0.25) is 0 Å². The Hall–Kier alpha value is 0.270. The first-order valence-electron chi connectivity index (χ1n) is 6.41. The van der Waals surface area contributed by atoms with E-state index >= 15 is 0 Å².